The zero-order valence-electron chi connectivity index (χ0n) is 21.0. The molecule has 1 aliphatic rings. The van der Waals surface area contributed by atoms with Gasteiger partial charge in [-0.25, -0.2) is 14.0 Å². The number of nitrogens with one attached hydrogen (secondary N) is 2. The van der Waals surface area contributed by atoms with E-state index in [0.29, 0.717) is 28.4 Å². The number of alkyl halides is 1. The van der Waals surface area contributed by atoms with Crippen LogP contribution < -0.4 is 20.1 Å². The summed E-state index contributed by atoms with van der Waals surface area (Å²) in [6.45, 7) is 0.0498. The molecule has 1 heterocycles. The average molecular weight is 600 g/mol. The molecule has 0 bridgehead atoms. The van der Waals surface area contributed by atoms with E-state index >= 15 is 0 Å². The van der Waals surface area contributed by atoms with Gasteiger partial charge in [0.2, 0.25) is 5.91 Å². The number of methoxy groups -OCH3 is 1. The molecule has 0 radical (unpaired) electrons. The zero-order chi connectivity index (χ0) is 27.9. The summed E-state index contributed by atoms with van der Waals surface area (Å²) >= 11 is 3.38. The Morgan fingerprint density at radius 2 is 1.77 bits per heavy atom. The highest BCUT2D eigenvalue weighted by molar-refractivity contribution is 9.10. The topological polar surface area (TPSA) is 117 Å². The third kappa shape index (κ3) is 7.26. The number of halogens is 2. The highest BCUT2D eigenvalue weighted by Crippen LogP contribution is 2.28. The van der Waals surface area contributed by atoms with Crippen LogP contribution in [0.15, 0.2) is 71.2 Å². The summed E-state index contributed by atoms with van der Waals surface area (Å²) in [6, 6.07) is 17.2. The minimum absolute atomic E-state index is 0.0102. The molecule has 1 saturated heterocycles. The van der Waals surface area contributed by atoms with Crippen LogP contribution in [-0.2, 0) is 11.2 Å². The minimum Gasteiger partial charge on any atom is -0.495 e. The Labute approximate surface area is 233 Å². The van der Waals surface area contributed by atoms with Crippen molar-refractivity contribution in [1.82, 2.24) is 4.90 Å². The standard InChI is InChI=1S/C28H27BrFN3O6/c1-38-25-12-17(6-11-24(25)32-28(37)31-23-5-3-2-4-22(23)29)13-26(34)33-15-19(30)14-20(33)16-39-21-9-7-18(8-10-21)27(35)36/h2-12,19-20H,13-16H2,1H3,(H,35,36)(H2,31,32,37)/t19-,20?/m1/s1. The molecule has 0 aliphatic carbocycles. The molecule has 3 aromatic rings. The molecular weight excluding hydrogens is 573 g/mol. The maximum atomic E-state index is 14.3. The number of benzene rings is 3. The summed E-state index contributed by atoms with van der Waals surface area (Å²) in [5, 5.41) is 14.5. The molecule has 0 aromatic heterocycles. The number of urea groups is 1. The number of likely N-dealkylation sites (tertiary alicyclic amines) is 1. The van der Waals surface area contributed by atoms with Crippen LogP contribution in [0.3, 0.4) is 0 Å². The van der Waals surface area contributed by atoms with Gasteiger partial charge in [0.15, 0.2) is 0 Å². The molecule has 2 atom stereocenters. The maximum absolute atomic E-state index is 14.3. The quantitative estimate of drug-likeness (QED) is 0.305. The van der Waals surface area contributed by atoms with Gasteiger partial charge in [-0.1, -0.05) is 18.2 Å². The predicted molar refractivity (Wildman–Crippen MR) is 147 cm³/mol. The third-order valence-corrected chi connectivity index (χ3v) is 6.91. The van der Waals surface area contributed by atoms with Crippen LogP contribution in [0.1, 0.15) is 22.3 Å². The SMILES string of the molecule is COc1cc(CC(=O)N2C[C@H](F)CC2COc2ccc(C(=O)O)cc2)ccc1NC(=O)Nc1ccccc1Br. The summed E-state index contributed by atoms with van der Waals surface area (Å²) in [5.41, 5.74) is 1.79. The molecular formula is C28H27BrFN3O6. The van der Waals surface area contributed by atoms with Crippen molar-refractivity contribution in [3.8, 4) is 11.5 Å². The van der Waals surface area contributed by atoms with E-state index in [1.165, 1.54) is 36.3 Å². The molecule has 3 N–H and O–H groups in total. The number of amides is 3. The zero-order valence-corrected chi connectivity index (χ0v) is 22.6. The summed E-state index contributed by atoms with van der Waals surface area (Å²) in [4.78, 5) is 38.1. The number of nitrogens with zero attached hydrogens (tertiary/aromatic N) is 1. The van der Waals surface area contributed by atoms with E-state index in [-0.39, 0.29) is 37.5 Å². The van der Waals surface area contributed by atoms with E-state index in [0.717, 1.165) is 4.47 Å². The fraction of sp³-hybridized carbons (Fsp3) is 0.250. The normalized spacial score (nSPS) is 16.4. The lowest BCUT2D eigenvalue weighted by Gasteiger charge is -2.24. The first-order valence-electron chi connectivity index (χ1n) is 12.1. The van der Waals surface area contributed by atoms with Crippen LogP contribution in [0.25, 0.3) is 0 Å². The Balaban J connectivity index is 1.37. The molecule has 3 amide bonds. The lowest BCUT2D eigenvalue weighted by atomic mass is 10.1. The van der Waals surface area contributed by atoms with E-state index in [1.807, 2.05) is 12.1 Å². The van der Waals surface area contributed by atoms with Gasteiger partial charge in [-0.2, -0.15) is 0 Å². The molecule has 39 heavy (non-hydrogen) atoms. The van der Waals surface area contributed by atoms with Crippen molar-refractivity contribution >= 4 is 45.2 Å². The smallest absolute Gasteiger partial charge is 0.335 e. The maximum Gasteiger partial charge on any atom is 0.335 e. The van der Waals surface area contributed by atoms with Crippen molar-refractivity contribution in [3.63, 3.8) is 0 Å². The first-order chi connectivity index (χ1) is 18.7. The number of anilines is 2. The van der Waals surface area contributed by atoms with E-state index in [4.69, 9.17) is 14.6 Å². The van der Waals surface area contributed by atoms with Crippen molar-refractivity contribution in [2.45, 2.75) is 25.1 Å². The van der Waals surface area contributed by atoms with Crippen LogP contribution in [0.4, 0.5) is 20.6 Å². The van der Waals surface area contributed by atoms with Crippen LogP contribution in [0.5, 0.6) is 11.5 Å². The number of carboxylic acids is 1. The van der Waals surface area contributed by atoms with Gasteiger partial charge in [-0.15, -0.1) is 0 Å². The molecule has 1 unspecified atom stereocenters. The van der Waals surface area contributed by atoms with E-state index in [9.17, 15) is 18.8 Å². The van der Waals surface area contributed by atoms with Gasteiger partial charge in [0.25, 0.3) is 0 Å². The van der Waals surface area contributed by atoms with Gasteiger partial charge in [0.1, 0.15) is 24.3 Å². The van der Waals surface area contributed by atoms with E-state index < -0.39 is 24.2 Å². The average Bonchev–Trinajstić information content (AvgIpc) is 3.30. The molecule has 11 heteroatoms. The Hall–Kier alpha value is -4.12. The van der Waals surface area contributed by atoms with Crippen molar-refractivity contribution in [2.24, 2.45) is 0 Å². The third-order valence-electron chi connectivity index (χ3n) is 6.22. The number of para-hydroxylation sites is 1. The van der Waals surface area contributed by atoms with Gasteiger partial charge < -0.3 is 30.1 Å². The number of carbonyl (C=O) groups excluding carboxylic acids is 2. The first kappa shape index (κ1) is 27.9. The monoisotopic (exact) mass is 599 g/mol. The van der Waals surface area contributed by atoms with Crippen molar-refractivity contribution in [1.29, 1.82) is 0 Å². The van der Waals surface area contributed by atoms with Gasteiger partial charge >= 0.3 is 12.0 Å². The summed E-state index contributed by atoms with van der Waals surface area (Å²) in [6.07, 6.45) is -1.00. The Morgan fingerprint density at radius 3 is 2.46 bits per heavy atom. The highest BCUT2D eigenvalue weighted by Gasteiger charge is 2.35. The minimum atomic E-state index is -1.17. The van der Waals surface area contributed by atoms with E-state index in [2.05, 4.69) is 26.6 Å². The molecule has 3 aromatic carbocycles. The van der Waals surface area contributed by atoms with Gasteiger partial charge in [-0.3, -0.25) is 4.79 Å². The molecule has 0 saturated carbocycles. The number of ether oxygens (including phenoxy) is 2. The lowest BCUT2D eigenvalue weighted by molar-refractivity contribution is -0.132. The summed E-state index contributed by atoms with van der Waals surface area (Å²) in [5.74, 6) is -0.499. The predicted octanol–water partition coefficient (Wildman–Crippen LogP) is 5.36. The lowest BCUT2D eigenvalue weighted by Crippen LogP contribution is -2.40. The van der Waals surface area contributed by atoms with Crippen LogP contribution in [-0.4, -0.2) is 60.4 Å². The van der Waals surface area contributed by atoms with Crippen LogP contribution in [0.2, 0.25) is 0 Å². The van der Waals surface area contributed by atoms with Crippen molar-refractivity contribution < 1.29 is 33.4 Å². The Bertz CT molecular complexity index is 1350. The molecule has 0 spiro atoms. The number of hydrogen-bond acceptors (Lipinski definition) is 5. The fourth-order valence-corrected chi connectivity index (χ4v) is 4.66. The Morgan fingerprint density at radius 1 is 1.05 bits per heavy atom. The van der Waals surface area contributed by atoms with Gasteiger partial charge in [-0.05, 0) is 70.0 Å². The van der Waals surface area contributed by atoms with Crippen molar-refractivity contribution in [2.75, 3.05) is 30.9 Å². The van der Waals surface area contributed by atoms with Crippen LogP contribution in [0, 0.1) is 0 Å². The second-order valence-corrected chi connectivity index (χ2v) is 9.80. The molecule has 9 nitrogen and oxygen atoms in total. The number of rotatable bonds is 9. The molecule has 4 rings (SSSR count). The molecule has 1 fully saturated rings. The Kier molecular flexibility index (Phi) is 9.03. The largest absolute Gasteiger partial charge is 0.495 e. The van der Waals surface area contributed by atoms with Gasteiger partial charge in [0, 0.05) is 10.9 Å². The highest BCUT2D eigenvalue weighted by atomic mass is 79.9. The second kappa shape index (κ2) is 12.6. The fourth-order valence-electron chi connectivity index (χ4n) is 4.27. The van der Waals surface area contributed by atoms with Gasteiger partial charge in [0.05, 0.1) is 43.1 Å². The molecule has 1 aliphatic heterocycles. The summed E-state index contributed by atoms with van der Waals surface area (Å²) < 4.78 is 26.2. The number of carbonyl (C=O) groups is 3. The number of aromatic carboxylic acids is 1. The molecule has 204 valence electrons. The van der Waals surface area contributed by atoms with Crippen molar-refractivity contribution in [3.05, 3.63) is 82.3 Å². The number of hydrogen-bond donors (Lipinski definition) is 3. The number of carboxylic acid groups (broad SMARTS) is 1. The first-order valence-corrected chi connectivity index (χ1v) is 12.9. The summed E-state index contributed by atoms with van der Waals surface area (Å²) in [7, 11) is 1.46. The van der Waals surface area contributed by atoms with Crippen LogP contribution >= 0.6 is 15.9 Å². The van der Waals surface area contributed by atoms with E-state index in [1.54, 1.807) is 30.3 Å². The second-order valence-electron chi connectivity index (χ2n) is 8.94.